The summed E-state index contributed by atoms with van der Waals surface area (Å²) in [5, 5.41) is 27.2. The molecule has 28 heavy (non-hydrogen) atoms. The largest absolute Gasteiger partial charge is 0.383 e. The lowest BCUT2D eigenvalue weighted by Gasteiger charge is -2.22. The van der Waals surface area contributed by atoms with Crippen LogP contribution in [0.1, 0.15) is 11.8 Å². The Bertz CT molecular complexity index is 1030. The second-order valence-corrected chi connectivity index (χ2v) is 7.42. The van der Waals surface area contributed by atoms with Crippen molar-refractivity contribution in [1.82, 2.24) is 5.32 Å². The molecule has 1 atom stereocenters. The molecule has 8 nitrogen and oxygen atoms in total. The van der Waals surface area contributed by atoms with Gasteiger partial charge in [-0.3, -0.25) is 19.7 Å². The Labute approximate surface area is 164 Å². The zero-order valence-electron chi connectivity index (χ0n) is 14.8. The summed E-state index contributed by atoms with van der Waals surface area (Å²) in [5.74, 6) is -2.05. The molecule has 1 unspecified atom stereocenters. The molecule has 2 amide bonds. The van der Waals surface area contributed by atoms with Crippen LogP contribution in [0.2, 0.25) is 0 Å². The monoisotopic (exact) mass is 399 g/mol. The number of anilines is 1. The molecule has 1 aromatic heterocycles. The Morgan fingerprint density at radius 3 is 2.54 bits per heavy atom. The molecule has 0 bridgehead atoms. The van der Waals surface area contributed by atoms with Crippen molar-refractivity contribution in [2.24, 2.45) is 0 Å². The van der Waals surface area contributed by atoms with Gasteiger partial charge in [-0.05, 0) is 30.5 Å². The lowest BCUT2D eigenvalue weighted by molar-refractivity contribution is -0.383. The molecule has 0 spiro atoms. The van der Waals surface area contributed by atoms with Crippen LogP contribution in [-0.4, -0.2) is 28.4 Å². The van der Waals surface area contributed by atoms with Crippen LogP contribution in [0.5, 0.6) is 0 Å². The van der Waals surface area contributed by atoms with Crippen molar-refractivity contribution in [3.63, 3.8) is 0 Å². The van der Waals surface area contributed by atoms with E-state index in [1.54, 1.807) is 0 Å². The fraction of sp³-hybridized carbons (Fsp3) is 0.158. The van der Waals surface area contributed by atoms with Crippen LogP contribution in [-0.2, 0) is 15.2 Å². The minimum Gasteiger partial charge on any atom is -0.383 e. The minimum atomic E-state index is -1.38. The Kier molecular flexibility index (Phi) is 5.39. The summed E-state index contributed by atoms with van der Waals surface area (Å²) in [6, 6.07) is 15.0. The normalized spacial score (nSPS) is 12.9. The number of hydrogen-bond donors (Lipinski definition) is 3. The van der Waals surface area contributed by atoms with Gasteiger partial charge in [0.2, 0.25) is 0 Å². The van der Waals surface area contributed by atoms with Crippen molar-refractivity contribution >= 4 is 44.6 Å². The highest BCUT2D eigenvalue weighted by Crippen LogP contribution is 2.32. The second kappa shape index (κ2) is 7.75. The first kappa shape index (κ1) is 19.5. The number of fused-ring (bicyclic) bond motifs is 1. The maximum Gasteiger partial charge on any atom is 0.313 e. The summed E-state index contributed by atoms with van der Waals surface area (Å²) >= 11 is 1.40. The number of para-hydroxylation sites is 2. The summed E-state index contributed by atoms with van der Waals surface area (Å²) < 4.78 is 0.998. The SMILES string of the molecule is CC(O)(CNC(=O)C(=O)Nc1ccccc1[N+](=O)[O-])c1cc2ccccc2s1. The predicted octanol–water partition coefficient (Wildman–Crippen LogP) is 2.77. The van der Waals surface area contributed by atoms with Gasteiger partial charge in [0.15, 0.2) is 0 Å². The molecule has 0 radical (unpaired) electrons. The van der Waals surface area contributed by atoms with Gasteiger partial charge >= 0.3 is 11.8 Å². The van der Waals surface area contributed by atoms with Crippen molar-refractivity contribution in [2.75, 3.05) is 11.9 Å². The van der Waals surface area contributed by atoms with Crippen molar-refractivity contribution in [3.8, 4) is 0 Å². The van der Waals surface area contributed by atoms with Crippen LogP contribution >= 0.6 is 11.3 Å². The highest BCUT2D eigenvalue weighted by atomic mass is 32.1. The maximum atomic E-state index is 12.1. The average molecular weight is 399 g/mol. The molecule has 1 heterocycles. The van der Waals surface area contributed by atoms with Crippen LogP contribution in [0.15, 0.2) is 54.6 Å². The van der Waals surface area contributed by atoms with E-state index in [4.69, 9.17) is 0 Å². The third-order valence-electron chi connectivity index (χ3n) is 4.10. The number of carbonyl (C=O) groups is 2. The Balaban J connectivity index is 1.66. The number of hydrogen-bond acceptors (Lipinski definition) is 6. The molecule has 3 rings (SSSR count). The molecule has 0 aliphatic heterocycles. The van der Waals surface area contributed by atoms with E-state index in [9.17, 15) is 24.8 Å². The fourth-order valence-corrected chi connectivity index (χ4v) is 3.69. The van der Waals surface area contributed by atoms with Gasteiger partial charge in [0.1, 0.15) is 11.3 Å². The van der Waals surface area contributed by atoms with Crippen LogP contribution in [0.25, 0.3) is 10.1 Å². The Morgan fingerprint density at radius 2 is 1.82 bits per heavy atom. The van der Waals surface area contributed by atoms with Gasteiger partial charge in [0, 0.05) is 15.6 Å². The molecular formula is C19H17N3O5S. The van der Waals surface area contributed by atoms with Crippen LogP contribution in [0.4, 0.5) is 11.4 Å². The average Bonchev–Trinajstić information content (AvgIpc) is 3.11. The van der Waals surface area contributed by atoms with Gasteiger partial charge in [0.05, 0.1) is 11.5 Å². The molecular weight excluding hydrogens is 382 g/mol. The van der Waals surface area contributed by atoms with E-state index in [1.807, 2.05) is 30.3 Å². The fourth-order valence-electron chi connectivity index (χ4n) is 2.58. The lowest BCUT2D eigenvalue weighted by Crippen LogP contribution is -2.43. The summed E-state index contributed by atoms with van der Waals surface area (Å²) in [4.78, 5) is 35.1. The summed E-state index contributed by atoms with van der Waals surface area (Å²) in [6.07, 6.45) is 0. The van der Waals surface area contributed by atoms with Crippen molar-refractivity contribution in [2.45, 2.75) is 12.5 Å². The molecule has 144 valence electrons. The lowest BCUT2D eigenvalue weighted by atomic mass is 10.0. The maximum absolute atomic E-state index is 12.1. The van der Waals surface area contributed by atoms with Gasteiger partial charge in [-0.2, -0.15) is 0 Å². The smallest absolute Gasteiger partial charge is 0.313 e. The first-order chi connectivity index (χ1) is 13.3. The molecule has 0 saturated heterocycles. The number of benzene rings is 2. The topological polar surface area (TPSA) is 122 Å². The summed E-state index contributed by atoms with van der Waals surface area (Å²) in [6.45, 7) is 1.35. The van der Waals surface area contributed by atoms with Crippen molar-refractivity contribution in [3.05, 3.63) is 69.6 Å². The predicted molar refractivity (Wildman–Crippen MR) is 106 cm³/mol. The minimum absolute atomic E-state index is 0.0797. The molecule has 0 aliphatic carbocycles. The zero-order chi connectivity index (χ0) is 20.3. The molecule has 3 aromatic rings. The van der Waals surface area contributed by atoms with Crippen molar-refractivity contribution < 1.29 is 19.6 Å². The van der Waals surface area contributed by atoms with Gasteiger partial charge < -0.3 is 15.7 Å². The number of thiophene rings is 1. The zero-order valence-corrected chi connectivity index (χ0v) is 15.7. The van der Waals surface area contributed by atoms with E-state index >= 15 is 0 Å². The van der Waals surface area contributed by atoms with E-state index in [0.717, 1.165) is 10.1 Å². The first-order valence-electron chi connectivity index (χ1n) is 8.32. The van der Waals surface area contributed by atoms with Gasteiger partial charge in [-0.25, -0.2) is 0 Å². The number of rotatable bonds is 5. The molecule has 3 N–H and O–H groups in total. The van der Waals surface area contributed by atoms with E-state index in [2.05, 4.69) is 10.6 Å². The third kappa shape index (κ3) is 4.16. The van der Waals surface area contributed by atoms with E-state index in [0.29, 0.717) is 4.88 Å². The number of amides is 2. The number of nitrogens with one attached hydrogen (secondary N) is 2. The Morgan fingerprint density at radius 1 is 1.14 bits per heavy atom. The highest BCUT2D eigenvalue weighted by molar-refractivity contribution is 7.19. The van der Waals surface area contributed by atoms with Gasteiger partial charge in [-0.1, -0.05) is 30.3 Å². The van der Waals surface area contributed by atoms with Crippen LogP contribution < -0.4 is 10.6 Å². The van der Waals surface area contributed by atoms with E-state index < -0.39 is 22.3 Å². The summed E-state index contributed by atoms with van der Waals surface area (Å²) in [7, 11) is 0. The van der Waals surface area contributed by atoms with Crippen LogP contribution in [0.3, 0.4) is 0 Å². The quantitative estimate of drug-likeness (QED) is 0.346. The molecule has 0 saturated carbocycles. The molecule has 9 heteroatoms. The first-order valence-corrected chi connectivity index (χ1v) is 9.13. The molecule has 0 fully saturated rings. The Hall–Kier alpha value is -3.30. The number of nitrogens with zero attached hydrogens (tertiary/aromatic N) is 1. The van der Waals surface area contributed by atoms with Crippen molar-refractivity contribution in [1.29, 1.82) is 0 Å². The standard InChI is InChI=1S/C19H17N3O5S/c1-19(25,16-10-12-6-2-5-9-15(12)28-16)11-20-17(23)18(24)21-13-7-3-4-8-14(13)22(26)27/h2-10,25H,11H2,1H3,(H,20,23)(H,21,24). The van der Waals surface area contributed by atoms with Gasteiger partial charge in [0.25, 0.3) is 5.69 Å². The molecule has 2 aromatic carbocycles. The molecule has 0 aliphatic rings. The third-order valence-corrected chi connectivity index (χ3v) is 5.47. The summed E-state index contributed by atoms with van der Waals surface area (Å²) in [5.41, 5.74) is -1.77. The van der Waals surface area contributed by atoms with E-state index in [-0.39, 0.29) is 17.9 Å². The second-order valence-electron chi connectivity index (χ2n) is 6.33. The van der Waals surface area contributed by atoms with E-state index in [1.165, 1.54) is 42.5 Å². The number of nitro groups is 1. The number of carbonyl (C=O) groups excluding carboxylic acids is 2. The van der Waals surface area contributed by atoms with Crippen LogP contribution in [0, 0.1) is 10.1 Å². The number of aliphatic hydroxyl groups is 1. The highest BCUT2D eigenvalue weighted by Gasteiger charge is 2.28. The van der Waals surface area contributed by atoms with Gasteiger partial charge in [-0.15, -0.1) is 11.3 Å². The number of nitro benzene ring substituents is 1.